The molecular weight excluding hydrogens is 411 g/mol. The molecule has 2 saturated heterocycles. The fourth-order valence-electron chi connectivity index (χ4n) is 1.99. The van der Waals surface area contributed by atoms with Gasteiger partial charge in [-0.3, -0.25) is 0 Å². The van der Waals surface area contributed by atoms with Crippen molar-refractivity contribution in [1.82, 2.24) is 0 Å². The predicted molar refractivity (Wildman–Crippen MR) is 64.2 cm³/mol. The molecule has 0 spiro atoms. The van der Waals surface area contributed by atoms with Crippen molar-refractivity contribution in [3.63, 3.8) is 0 Å². The van der Waals surface area contributed by atoms with Gasteiger partial charge in [0.1, 0.15) is 6.10 Å². The van der Waals surface area contributed by atoms with Crippen LogP contribution < -0.4 is 0 Å². The zero-order chi connectivity index (χ0) is 10.8. The molecule has 6 unspecified atom stereocenters. The van der Waals surface area contributed by atoms with Gasteiger partial charge in [0.25, 0.3) is 0 Å². The summed E-state index contributed by atoms with van der Waals surface area (Å²) in [4.78, 5) is 0. The minimum absolute atomic E-state index is 0. The van der Waals surface area contributed by atoms with Crippen LogP contribution in [0.4, 0.5) is 0 Å². The van der Waals surface area contributed by atoms with Crippen LogP contribution in [0.3, 0.4) is 0 Å². The minimum Gasteiger partial charge on any atom is -0.546 e. The number of rotatable bonds is 2. The van der Waals surface area contributed by atoms with Crippen molar-refractivity contribution in [1.29, 1.82) is 0 Å². The second-order valence-corrected chi connectivity index (χ2v) is 4.60. The quantitative estimate of drug-likeness (QED) is 0.495. The molecule has 0 amide bonds. The molecule has 100 valence electrons. The van der Waals surface area contributed by atoms with Crippen LogP contribution in [0.15, 0.2) is 0 Å². The smallest absolute Gasteiger partial charge is 0.546 e. The largest absolute Gasteiger partial charge is 2.00 e. The molecule has 6 atom stereocenters. The molecule has 0 aromatic rings. The summed E-state index contributed by atoms with van der Waals surface area (Å²) in [5, 5.41) is 0. The van der Waals surface area contributed by atoms with Crippen molar-refractivity contribution in [2.75, 3.05) is 13.3 Å². The molecule has 2 aliphatic rings. The Morgan fingerprint density at radius 1 is 1.35 bits per heavy atom. The Kier molecular flexibility index (Phi) is 8.66. The van der Waals surface area contributed by atoms with E-state index in [1.807, 2.05) is 20.2 Å². The molecule has 0 aliphatic carbocycles. The van der Waals surface area contributed by atoms with Crippen molar-refractivity contribution in [2.24, 2.45) is 5.92 Å². The zero-order valence-corrected chi connectivity index (χ0v) is 14.6. The van der Waals surface area contributed by atoms with E-state index in [2.05, 4.69) is 6.92 Å². The average molecular weight is 432 g/mol. The maximum atomic E-state index is 5.75. The molecule has 0 radical (unpaired) electrons. The number of fused-ring (bicyclic) bond motifs is 1. The van der Waals surface area contributed by atoms with Gasteiger partial charge in [-0.25, -0.2) is 6.61 Å². The van der Waals surface area contributed by atoms with Crippen molar-refractivity contribution < 1.29 is 39.8 Å². The summed E-state index contributed by atoms with van der Waals surface area (Å²) < 4.78 is 22.4. The molecule has 0 bridgehead atoms. The molecular formula is C11H21O4PW. The molecule has 2 heterocycles. The van der Waals surface area contributed by atoms with E-state index in [1.165, 1.54) is 0 Å². The van der Waals surface area contributed by atoms with Crippen molar-refractivity contribution in [3.05, 3.63) is 14.0 Å². The Bertz CT molecular complexity index is 218. The molecule has 4 nitrogen and oxygen atoms in total. The van der Waals surface area contributed by atoms with Gasteiger partial charge in [0, 0.05) is 8.81 Å². The number of ether oxygens (including phenoxy) is 3. The Balaban J connectivity index is 0.00000128. The van der Waals surface area contributed by atoms with Gasteiger partial charge in [0.15, 0.2) is 6.29 Å². The molecule has 0 aromatic carbocycles. The first-order chi connectivity index (χ1) is 7.22. The van der Waals surface area contributed by atoms with Crippen LogP contribution >= 0.6 is 8.81 Å². The molecule has 2 rings (SSSR count). The SMILES string of the molecule is CPOC1C(C)[CH-]OC2COC(C)OC21.[CH3-].[W+2]. The number of hydrogen-bond donors (Lipinski definition) is 0. The summed E-state index contributed by atoms with van der Waals surface area (Å²) in [5.74, 6) is 0.268. The molecule has 2 aliphatic heterocycles. The fourth-order valence-corrected chi connectivity index (χ4v) is 2.61. The first-order valence-electron chi connectivity index (χ1n) is 5.30. The van der Waals surface area contributed by atoms with Crippen LogP contribution in [0.5, 0.6) is 0 Å². The molecule has 2 fully saturated rings. The van der Waals surface area contributed by atoms with Crippen molar-refractivity contribution in [2.45, 2.75) is 38.4 Å². The fraction of sp³-hybridized carbons (Fsp3) is 0.818. The van der Waals surface area contributed by atoms with Gasteiger partial charge in [-0.2, -0.15) is 0 Å². The third kappa shape index (κ3) is 4.23. The molecule has 0 N–H and O–H groups in total. The normalized spacial score (nSPS) is 41.5. The van der Waals surface area contributed by atoms with Crippen molar-refractivity contribution >= 4 is 8.81 Å². The molecule has 17 heavy (non-hydrogen) atoms. The van der Waals surface area contributed by atoms with Gasteiger partial charge >= 0.3 is 21.1 Å². The first kappa shape index (κ1) is 18.0. The third-order valence-corrected chi connectivity index (χ3v) is 3.28. The second kappa shape index (κ2) is 8.19. The van der Waals surface area contributed by atoms with E-state index in [4.69, 9.17) is 18.7 Å². The van der Waals surface area contributed by atoms with E-state index in [9.17, 15) is 0 Å². The summed E-state index contributed by atoms with van der Waals surface area (Å²) in [7, 11) is 0.475. The van der Waals surface area contributed by atoms with Crippen LogP contribution in [0.2, 0.25) is 0 Å². The zero-order valence-electron chi connectivity index (χ0n) is 10.7. The van der Waals surface area contributed by atoms with Crippen LogP contribution in [0.1, 0.15) is 13.8 Å². The summed E-state index contributed by atoms with van der Waals surface area (Å²) >= 11 is 0. The molecule has 6 heteroatoms. The van der Waals surface area contributed by atoms with E-state index < -0.39 is 0 Å². The summed E-state index contributed by atoms with van der Waals surface area (Å²) in [5.41, 5.74) is 0. The summed E-state index contributed by atoms with van der Waals surface area (Å²) in [6, 6.07) is 0. The van der Waals surface area contributed by atoms with E-state index in [1.54, 1.807) is 0 Å². The van der Waals surface area contributed by atoms with E-state index in [0.717, 1.165) is 0 Å². The van der Waals surface area contributed by atoms with Gasteiger partial charge in [-0.15, -0.1) is 5.92 Å². The standard InChI is InChI=1S/C10H18O4P.CH3.W/c1-6-4-12-8-5-11-7(2)13-10(8)9(6)14-15-3;;/h4,6-10,15H,5H2,1-3H3;1H3;/q2*-1;+2. The van der Waals surface area contributed by atoms with E-state index in [-0.39, 0.29) is 59.0 Å². The molecule has 0 saturated carbocycles. The topological polar surface area (TPSA) is 36.9 Å². The average Bonchev–Trinajstić information content (AvgIpc) is 2.23. The van der Waals surface area contributed by atoms with Gasteiger partial charge < -0.3 is 26.2 Å². The Labute approximate surface area is 120 Å². The van der Waals surface area contributed by atoms with Crippen molar-refractivity contribution in [3.8, 4) is 0 Å². The first-order valence-corrected chi connectivity index (χ1v) is 6.71. The maximum Gasteiger partial charge on any atom is 2.00 e. The summed E-state index contributed by atoms with van der Waals surface area (Å²) in [6.45, 7) is 8.45. The predicted octanol–water partition coefficient (Wildman–Crippen LogP) is 2.00. The Morgan fingerprint density at radius 3 is 2.71 bits per heavy atom. The third-order valence-electron chi connectivity index (χ3n) is 2.77. The monoisotopic (exact) mass is 432 g/mol. The Hall–Kier alpha value is 0.958. The van der Waals surface area contributed by atoms with Crippen LogP contribution in [0, 0.1) is 20.0 Å². The Morgan fingerprint density at radius 2 is 2.06 bits per heavy atom. The van der Waals surface area contributed by atoms with E-state index >= 15 is 0 Å². The van der Waals surface area contributed by atoms with Gasteiger partial charge in [0.2, 0.25) is 0 Å². The number of hydrogen-bond acceptors (Lipinski definition) is 4. The maximum absolute atomic E-state index is 5.75. The van der Waals surface area contributed by atoms with Gasteiger partial charge in [-0.1, -0.05) is 6.92 Å². The second-order valence-electron chi connectivity index (χ2n) is 3.96. The van der Waals surface area contributed by atoms with Gasteiger partial charge in [0.05, 0.1) is 18.8 Å². The molecule has 0 aromatic heterocycles. The minimum atomic E-state index is -0.161. The van der Waals surface area contributed by atoms with Gasteiger partial charge in [-0.05, 0) is 13.6 Å². The van der Waals surface area contributed by atoms with Crippen LogP contribution in [-0.4, -0.2) is 37.9 Å². The van der Waals surface area contributed by atoms with E-state index in [0.29, 0.717) is 15.4 Å². The van der Waals surface area contributed by atoms with Crippen LogP contribution in [-0.2, 0) is 39.8 Å². The summed E-state index contributed by atoms with van der Waals surface area (Å²) in [6.07, 6.45) is -0.0789. The van der Waals surface area contributed by atoms with Crippen LogP contribution in [0.25, 0.3) is 0 Å².